The largest absolute Gasteiger partial charge is 0.490 e. The van der Waals surface area contributed by atoms with E-state index in [1.807, 2.05) is 19.1 Å². The number of aryl methyl sites for hydroxylation is 1. The molecule has 6 heteroatoms. The van der Waals surface area contributed by atoms with E-state index < -0.39 is 18.9 Å². The fraction of sp³-hybridized carbons (Fsp3) is 0.600. The zero-order valence-corrected chi connectivity index (χ0v) is 12.5. The lowest BCUT2D eigenvalue weighted by molar-refractivity contribution is -0.210. The average Bonchev–Trinajstić information content (AvgIpc) is 2.41. The van der Waals surface area contributed by atoms with Gasteiger partial charge in [0.05, 0.1) is 0 Å². The van der Waals surface area contributed by atoms with Gasteiger partial charge in [0.25, 0.3) is 0 Å². The Morgan fingerprint density at radius 3 is 2.52 bits per heavy atom. The minimum absolute atomic E-state index is 0.165. The molecule has 0 amide bonds. The van der Waals surface area contributed by atoms with Crippen LogP contribution >= 0.6 is 0 Å². The third-order valence-corrected chi connectivity index (χ3v) is 3.17. The van der Waals surface area contributed by atoms with E-state index in [2.05, 4.69) is 12.2 Å². The molecule has 1 rings (SSSR count). The highest BCUT2D eigenvalue weighted by molar-refractivity contribution is 5.37. The molecular weight excluding hydrogens is 283 g/mol. The van der Waals surface area contributed by atoms with Crippen LogP contribution < -0.4 is 10.1 Å². The highest BCUT2D eigenvalue weighted by Crippen LogP contribution is 2.25. The van der Waals surface area contributed by atoms with Gasteiger partial charge in [-0.25, -0.2) is 0 Å². The van der Waals surface area contributed by atoms with Crippen molar-refractivity contribution < 1.29 is 23.0 Å². The monoisotopic (exact) mass is 305 g/mol. The van der Waals surface area contributed by atoms with Gasteiger partial charge in [-0.05, 0) is 44.0 Å². The Hall–Kier alpha value is -1.27. The highest BCUT2D eigenvalue weighted by atomic mass is 19.4. The van der Waals surface area contributed by atoms with E-state index in [-0.39, 0.29) is 6.04 Å². The summed E-state index contributed by atoms with van der Waals surface area (Å²) in [5.74, 6) is 0.352. The lowest BCUT2D eigenvalue weighted by atomic mass is 10.0. The standard InChI is InChI=1S/C15H22F3NO2/c1-4-7-19-11(3)12-5-6-13(10(2)8-12)21-9-14(20)15(16,17)18/h5-6,8,11,14,19-20H,4,7,9H2,1-3H3. The second kappa shape index (κ2) is 7.66. The normalized spacial score (nSPS) is 14.8. The fourth-order valence-corrected chi connectivity index (χ4v) is 1.85. The van der Waals surface area contributed by atoms with Crippen molar-refractivity contribution in [2.75, 3.05) is 13.2 Å². The molecule has 2 N–H and O–H groups in total. The van der Waals surface area contributed by atoms with E-state index in [1.54, 1.807) is 13.0 Å². The lowest BCUT2D eigenvalue weighted by Gasteiger charge is -2.18. The Labute approximate surface area is 123 Å². The van der Waals surface area contributed by atoms with Crippen molar-refractivity contribution in [1.82, 2.24) is 5.32 Å². The summed E-state index contributed by atoms with van der Waals surface area (Å²) < 4.78 is 41.7. The van der Waals surface area contributed by atoms with E-state index in [0.29, 0.717) is 5.75 Å². The molecule has 0 fully saturated rings. The summed E-state index contributed by atoms with van der Waals surface area (Å²) >= 11 is 0. The Morgan fingerprint density at radius 1 is 1.33 bits per heavy atom. The summed E-state index contributed by atoms with van der Waals surface area (Å²) in [7, 11) is 0. The third-order valence-electron chi connectivity index (χ3n) is 3.17. The second-order valence-corrected chi connectivity index (χ2v) is 5.07. The first-order valence-corrected chi connectivity index (χ1v) is 6.97. The first kappa shape index (κ1) is 17.8. The van der Waals surface area contributed by atoms with E-state index >= 15 is 0 Å². The number of ether oxygens (including phenoxy) is 1. The first-order chi connectivity index (χ1) is 9.75. The molecule has 0 saturated carbocycles. The number of benzene rings is 1. The van der Waals surface area contributed by atoms with Crippen LogP contribution in [0.3, 0.4) is 0 Å². The van der Waals surface area contributed by atoms with E-state index in [4.69, 9.17) is 9.84 Å². The average molecular weight is 305 g/mol. The summed E-state index contributed by atoms with van der Waals surface area (Å²) in [4.78, 5) is 0. The second-order valence-electron chi connectivity index (χ2n) is 5.07. The molecule has 0 heterocycles. The summed E-state index contributed by atoms with van der Waals surface area (Å²) in [6.45, 7) is 5.97. The zero-order valence-electron chi connectivity index (χ0n) is 12.5. The lowest BCUT2D eigenvalue weighted by Crippen LogP contribution is -2.34. The molecule has 0 aliphatic heterocycles. The quantitative estimate of drug-likeness (QED) is 0.811. The summed E-state index contributed by atoms with van der Waals surface area (Å²) in [6.07, 6.45) is -6.10. The first-order valence-electron chi connectivity index (χ1n) is 6.97. The van der Waals surface area contributed by atoms with Crippen LogP contribution in [0.15, 0.2) is 18.2 Å². The molecule has 21 heavy (non-hydrogen) atoms. The summed E-state index contributed by atoms with van der Waals surface area (Å²) in [5, 5.41) is 12.3. The number of nitrogens with one attached hydrogen (secondary N) is 1. The van der Waals surface area contributed by atoms with Crippen LogP contribution in [0.25, 0.3) is 0 Å². The maximum absolute atomic E-state index is 12.2. The van der Waals surface area contributed by atoms with Gasteiger partial charge in [-0.2, -0.15) is 13.2 Å². The number of hydrogen-bond donors (Lipinski definition) is 2. The van der Waals surface area contributed by atoms with Gasteiger partial charge in [0.15, 0.2) is 6.10 Å². The Kier molecular flexibility index (Phi) is 6.48. The molecule has 0 radical (unpaired) electrons. The maximum atomic E-state index is 12.2. The molecule has 1 aromatic carbocycles. The van der Waals surface area contributed by atoms with Gasteiger partial charge in [-0.1, -0.05) is 19.1 Å². The van der Waals surface area contributed by atoms with Crippen molar-refractivity contribution >= 4 is 0 Å². The summed E-state index contributed by atoms with van der Waals surface area (Å²) in [6, 6.07) is 5.49. The predicted molar refractivity (Wildman–Crippen MR) is 75.4 cm³/mol. The molecule has 0 aliphatic carbocycles. The van der Waals surface area contributed by atoms with Gasteiger partial charge >= 0.3 is 6.18 Å². The smallest absolute Gasteiger partial charge is 0.417 e. The molecular formula is C15H22F3NO2. The topological polar surface area (TPSA) is 41.5 Å². The van der Waals surface area contributed by atoms with Crippen LogP contribution in [0.5, 0.6) is 5.75 Å². The van der Waals surface area contributed by atoms with Crippen molar-refractivity contribution in [3.63, 3.8) is 0 Å². The van der Waals surface area contributed by atoms with E-state index in [9.17, 15) is 13.2 Å². The van der Waals surface area contributed by atoms with E-state index in [0.717, 1.165) is 24.1 Å². The molecule has 0 bridgehead atoms. The van der Waals surface area contributed by atoms with Gasteiger partial charge in [0.2, 0.25) is 0 Å². The maximum Gasteiger partial charge on any atom is 0.417 e. The number of alkyl halides is 3. The molecule has 120 valence electrons. The van der Waals surface area contributed by atoms with Gasteiger partial charge < -0.3 is 15.2 Å². The van der Waals surface area contributed by atoms with Gasteiger partial charge in [0.1, 0.15) is 12.4 Å². The number of hydrogen-bond acceptors (Lipinski definition) is 3. The molecule has 2 unspecified atom stereocenters. The minimum atomic E-state index is -4.66. The Balaban J connectivity index is 2.66. The van der Waals surface area contributed by atoms with Crippen molar-refractivity contribution in [3.05, 3.63) is 29.3 Å². The van der Waals surface area contributed by atoms with Crippen LogP contribution in [0.1, 0.15) is 37.4 Å². The van der Waals surface area contributed by atoms with Crippen molar-refractivity contribution in [2.45, 2.75) is 45.5 Å². The fourth-order valence-electron chi connectivity index (χ4n) is 1.85. The SMILES string of the molecule is CCCNC(C)c1ccc(OCC(O)C(F)(F)F)c(C)c1. The van der Waals surface area contributed by atoms with Gasteiger partial charge in [-0.15, -0.1) is 0 Å². The number of rotatable bonds is 7. The Morgan fingerprint density at radius 2 is 2.00 bits per heavy atom. The van der Waals surface area contributed by atoms with Crippen molar-refractivity contribution in [3.8, 4) is 5.75 Å². The molecule has 2 atom stereocenters. The molecule has 0 aliphatic rings. The van der Waals surface area contributed by atoms with Crippen LogP contribution in [-0.2, 0) is 0 Å². The van der Waals surface area contributed by atoms with Gasteiger partial charge in [0, 0.05) is 6.04 Å². The van der Waals surface area contributed by atoms with Crippen LogP contribution in [-0.4, -0.2) is 30.5 Å². The number of aliphatic hydroxyl groups excluding tert-OH is 1. The highest BCUT2D eigenvalue weighted by Gasteiger charge is 2.38. The molecule has 1 aromatic rings. The molecule has 3 nitrogen and oxygen atoms in total. The molecule has 0 aromatic heterocycles. The van der Waals surface area contributed by atoms with Crippen LogP contribution in [0, 0.1) is 6.92 Å². The van der Waals surface area contributed by atoms with Crippen molar-refractivity contribution in [2.24, 2.45) is 0 Å². The van der Waals surface area contributed by atoms with Crippen molar-refractivity contribution in [1.29, 1.82) is 0 Å². The predicted octanol–water partition coefficient (Wildman–Crippen LogP) is 3.36. The summed E-state index contributed by atoms with van der Waals surface area (Å²) in [5.41, 5.74) is 1.79. The number of halogens is 3. The molecule has 0 spiro atoms. The van der Waals surface area contributed by atoms with Crippen LogP contribution in [0.4, 0.5) is 13.2 Å². The van der Waals surface area contributed by atoms with E-state index in [1.165, 1.54) is 0 Å². The third kappa shape index (κ3) is 5.55. The minimum Gasteiger partial charge on any atom is -0.490 e. The van der Waals surface area contributed by atoms with Gasteiger partial charge in [-0.3, -0.25) is 0 Å². The zero-order chi connectivity index (χ0) is 16.0. The Bertz CT molecular complexity index is 449. The molecule has 0 saturated heterocycles. The van der Waals surface area contributed by atoms with Crippen LogP contribution in [0.2, 0.25) is 0 Å². The number of aliphatic hydroxyl groups is 1.